The smallest absolute Gasteiger partial charge is 0.191 e. The first-order valence-electron chi connectivity index (χ1n) is 8.46. The van der Waals surface area contributed by atoms with Crippen LogP contribution in [0.2, 0.25) is 0 Å². The summed E-state index contributed by atoms with van der Waals surface area (Å²) in [6, 6.07) is 0. The van der Waals surface area contributed by atoms with Gasteiger partial charge >= 0.3 is 0 Å². The second-order valence-electron chi connectivity index (χ2n) is 6.39. The standard InChI is InChI=1S/C16H31N3O2/c1-14-3-8-19(9-4-14)16(17)18-7-2-10-21-13-15-5-11-20-12-6-15/h14-15H,2-13H2,1H3,(H2,17,18). The Bertz CT molecular complexity index is 309. The number of nitrogens with zero attached hydrogens (tertiary/aromatic N) is 2. The van der Waals surface area contributed by atoms with Crippen LogP contribution in [0.25, 0.3) is 0 Å². The molecule has 122 valence electrons. The maximum Gasteiger partial charge on any atom is 0.191 e. The van der Waals surface area contributed by atoms with E-state index < -0.39 is 0 Å². The highest BCUT2D eigenvalue weighted by atomic mass is 16.5. The van der Waals surface area contributed by atoms with Gasteiger partial charge in [-0.05, 0) is 43.9 Å². The summed E-state index contributed by atoms with van der Waals surface area (Å²) < 4.78 is 11.1. The topological polar surface area (TPSA) is 60.1 Å². The minimum absolute atomic E-state index is 0.683. The average molecular weight is 297 g/mol. The van der Waals surface area contributed by atoms with Crippen molar-refractivity contribution < 1.29 is 9.47 Å². The molecule has 2 heterocycles. The summed E-state index contributed by atoms with van der Waals surface area (Å²) in [6.07, 6.45) is 5.68. The van der Waals surface area contributed by atoms with Gasteiger partial charge < -0.3 is 20.1 Å². The number of rotatable bonds is 6. The monoisotopic (exact) mass is 297 g/mol. The number of aliphatic imine (C=N–C) groups is 1. The number of piperidine rings is 1. The summed E-state index contributed by atoms with van der Waals surface area (Å²) in [7, 11) is 0. The van der Waals surface area contributed by atoms with Crippen molar-refractivity contribution in [3.05, 3.63) is 0 Å². The largest absolute Gasteiger partial charge is 0.381 e. The first-order valence-corrected chi connectivity index (χ1v) is 8.46. The molecule has 0 aliphatic carbocycles. The summed E-state index contributed by atoms with van der Waals surface area (Å²) in [5.41, 5.74) is 6.05. The quantitative estimate of drug-likeness (QED) is 0.462. The third-order valence-electron chi connectivity index (χ3n) is 4.52. The number of hydrogen-bond acceptors (Lipinski definition) is 3. The molecular formula is C16H31N3O2. The molecule has 0 unspecified atom stereocenters. The van der Waals surface area contributed by atoms with Crippen LogP contribution in [-0.4, -0.2) is 56.9 Å². The van der Waals surface area contributed by atoms with Crippen LogP contribution in [0.3, 0.4) is 0 Å². The van der Waals surface area contributed by atoms with Crippen molar-refractivity contribution in [2.24, 2.45) is 22.6 Å². The fourth-order valence-corrected chi connectivity index (χ4v) is 2.86. The minimum atomic E-state index is 0.683. The maximum atomic E-state index is 6.05. The molecule has 0 aromatic carbocycles. The van der Waals surface area contributed by atoms with Crippen LogP contribution in [0.1, 0.15) is 39.0 Å². The molecule has 21 heavy (non-hydrogen) atoms. The Hall–Kier alpha value is -0.810. The van der Waals surface area contributed by atoms with E-state index in [4.69, 9.17) is 15.2 Å². The highest BCUT2D eigenvalue weighted by Crippen LogP contribution is 2.16. The molecule has 0 amide bonds. The van der Waals surface area contributed by atoms with Crippen LogP contribution >= 0.6 is 0 Å². The second kappa shape index (κ2) is 9.26. The van der Waals surface area contributed by atoms with E-state index in [0.29, 0.717) is 11.9 Å². The van der Waals surface area contributed by atoms with E-state index in [1.807, 2.05) is 0 Å². The molecule has 2 saturated heterocycles. The van der Waals surface area contributed by atoms with Gasteiger partial charge in [0.25, 0.3) is 0 Å². The van der Waals surface area contributed by atoms with E-state index in [1.165, 1.54) is 12.8 Å². The van der Waals surface area contributed by atoms with Crippen molar-refractivity contribution in [3.63, 3.8) is 0 Å². The van der Waals surface area contributed by atoms with Crippen LogP contribution < -0.4 is 5.73 Å². The van der Waals surface area contributed by atoms with Gasteiger partial charge in [-0.1, -0.05) is 6.92 Å². The molecule has 2 rings (SSSR count). The maximum absolute atomic E-state index is 6.05. The number of likely N-dealkylation sites (tertiary alicyclic amines) is 1. The van der Waals surface area contributed by atoms with Gasteiger partial charge in [0.1, 0.15) is 0 Å². The summed E-state index contributed by atoms with van der Waals surface area (Å²) in [5.74, 6) is 2.22. The lowest BCUT2D eigenvalue weighted by Crippen LogP contribution is -2.42. The fraction of sp³-hybridized carbons (Fsp3) is 0.938. The molecule has 0 atom stereocenters. The summed E-state index contributed by atoms with van der Waals surface area (Å²) >= 11 is 0. The van der Waals surface area contributed by atoms with Crippen LogP contribution in [0.15, 0.2) is 4.99 Å². The molecule has 5 heteroatoms. The Labute approximate surface area is 128 Å². The van der Waals surface area contributed by atoms with Crippen molar-refractivity contribution in [1.82, 2.24) is 4.90 Å². The van der Waals surface area contributed by atoms with Gasteiger partial charge in [0.05, 0.1) is 0 Å². The molecule has 2 fully saturated rings. The van der Waals surface area contributed by atoms with Crippen molar-refractivity contribution in [2.75, 3.05) is 46.1 Å². The van der Waals surface area contributed by atoms with Gasteiger partial charge in [0, 0.05) is 46.1 Å². The zero-order chi connectivity index (χ0) is 14.9. The summed E-state index contributed by atoms with van der Waals surface area (Å²) in [4.78, 5) is 6.69. The van der Waals surface area contributed by atoms with Gasteiger partial charge in [0.2, 0.25) is 0 Å². The Morgan fingerprint density at radius 1 is 1.24 bits per heavy atom. The summed E-state index contributed by atoms with van der Waals surface area (Å²) in [6.45, 7) is 8.62. The number of guanidine groups is 1. The van der Waals surface area contributed by atoms with E-state index in [9.17, 15) is 0 Å². The first-order chi connectivity index (χ1) is 10.3. The number of hydrogen-bond donors (Lipinski definition) is 1. The van der Waals surface area contributed by atoms with E-state index >= 15 is 0 Å². The van der Waals surface area contributed by atoms with E-state index in [-0.39, 0.29) is 0 Å². The van der Waals surface area contributed by atoms with E-state index in [0.717, 1.165) is 71.2 Å². The molecule has 0 aromatic heterocycles. The van der Waals surface area contributed by atoms with Gasteiger partial charge in [-0.15, -0.1) is 0 Å². The molecule has 0 aromatic rings. The molecule has 0 spiro atoms. The third-order valence-corrected chi connectivity index (χ3v) is 4.52. The zero-order valence-corrected chi connectivity index (χ0v) is 13.4. The fourth-order valence-electron chi connectivity index (χ4n) is 2.86. The normalized spacial score (nSPS) is 22.7. The molecule has 0 bridgehead atoms. The second-order valence-corrected chi connectivity index (χ2v) is 6.39. The van der Waals surface area contributed by atoms with Gasteiger partial charge in [-0.2, -0.15) is 0 Å². The SMILES string of the molecule is CC1CCN(C(N)=NCCCOCC2CCOCC2)CC1. The molecule has 2 aliphatic heterocycles. The first kappa shape index (κ1) is 16.6. The highest BCUT2D eigenvalue weighted by molar-refractivity contribution is 5.78. The average Bonchev–Trinajstić information content (AvgIpc) is 2.52. The minimum Gasteiger partial charge on any atom is -0.381 e. The lowest BCUT2D eigenvalue weighted by molar-refractivity contribution is 0.0205. The Balaban J connectivity index is 1.51. The van der Waals surface area contributed by atoms with E-state index in [1.54, 1.807) is 0 Å². The van der Waals surface area contributed by atoms with Gasteiger partial charge in [-0.25, -0.2) is 0 Å². The Morgan fingerprint density at radius 3 is 2.67 bits per heavy atom. The molecule has 0 radical (unpaired) electrons. The predicted molar refractivity (Wildman–Crippen MR) is 85.4 cm³/mol. The third kappa shape index (κ3) is 6.22. The van der Waals surface area contributed by atoms with Gasteiger partial charge in [-0.3, -0.25) is 4.99 Å². The van der Waals surface area contributed by atoms with E-state index in [2.05, 4.69) is 16.8 Å². The van der Waals surface area contributed by atoms with Crippen LogP contribution in [-0.2, 0) is 9.47 Å². The highest BCUT2D eigenvalue weighted by Gasteiger charge is 2.16. The summed E-state index contributed by atoms with van der Waals surface area (Å²) in [5, 5.41) is 0. The number of nitrogens with two attached hydrogens (primary N) is 1. The van der Waals surface area contributed by atoms with Crippen molar-refractivity contribution in [2.45, 2.75) is 39.0 Å². The molecule has 0 saturated carbocycles. The molecule has 2 N–H and O–H groups in total. The van der Waals surface area contributed by atoms with Crippen LogP contribution in [0.5, 0.6) is 0 Å². The zero-order valence-electron chi connectivity index (χ0n) is 13.4. The van der Waals surface area contributed by atoms with Crippen LogP contribution in [0.4, 0.5) is 0 Å². The molecular weight excluding hydrogens is 266 g/mol. The van der Waals surface area contributed by atoms with Crippen LogP contribution in [0, 0.1) is 11.8 Å². The Morgan fingerprint density at radius 2 is 1.95 bits per heavy atom. The Kier molecular flexibility index (Phi) is 7.30. The molecule has 2 aliphatic rings. The van der Waals surface area contributed by atoms with Gasteiger partial charge in [0.15, 0.2) is 5.96 Å². The van der Waals surface area contributed by atoms with Crippen molar-refractivity contribution >= 4 is 5.96 Å². The van der Waals surface area contributed by atoms with Crippen molar-refractivity contribution in [3.8, 4) is 0 Å². The number of ether oxygens (including phenoxy) is 2. The lowest BCUT2D eigenvalue weighted by Gasteiger charge is -2.31. The predicted octanol–water partition coefficient (Wildman–Crippen LogP) is 1.87. The lowest BCUT2D eigenvalue weighted by atomic mass is 10.00. The molecule has 5 nitrogen and oxygen atoms in total. The van der Waals surface area contributed by atoms with Crippen molar-refractivity contribution in [1.29, 1.82) is 0 Å².